The van der Waals surface area contributed by atoms with E-state index in [1.54, 1.807) is 7.11 Å². The Kier molecular flexibility index (Phi) is 5.07. The molecule has 0 bridgehead atoms. The molecule has 0 radical (unpaired) electrons. The summed E-state index contributed by atoms with van der Waals surface area (Å²) >= 11 is 0. The van der Waals surface area contributed by atoms with Gasteiger partial charge in [0.15, 0.2) is 6.61 Å². The predicted molar refractivity (Wildman–Crippen MR) is 99.9 cm³/mol. The molecule has 2 aromatic carbocycles. The molecule has 26 heavy (non-hydrogen) atoms. The molecule has 0 spiro atoms. The number of aryl methyl sites for hydroxylation is 1. The Bertz CT molecular complexity index is 783. The number of methoxy groups -OCH3 is 1. The lowest BCUT2D eigenvalue weighted by Gasteiger charge is -2.38. The highest BCUT2D eigenvalue weighted by Crippen LogP contribution is 2.41. The molecule has 0 saturated carbocycles. The van der Waals surface area contributed by atoms with E-state index in [1.165, 1.54) is 0 Å². The second kappa shape index (κ2) is 7.28. The van der Waals surface area contributed by atoms with Gasteiger partial charge in [-0.05, 0) is 51.1 Å². The van der Waals surface area contributed by atoms with Gasteiger partial charge in [0.1, 0.15) is 22.8 Å². The topological polar surface area (TPSA) is 56.8 Å². The Morgan fingerprint density at radius 1 is 1.19 bits per heavy atom. The Morgan fingerprint density at radius 2 is 1.88 bits per heavy atom. The fourth-order valence-corrected chi connectivity index (χ4v) is 3.11. The van der Waals surface area contributed by atoms with E-state index in [1.807, 2.05) is 63.2 Å². The summed E-state index contributed by atoms with van der Waals surface area (Å²) in [4.78, 5) is 12.4. The molecular formula is C21H25NO4. The highest BCUT2D eigenvalue weighted by atomic mass is 16.5. The number of hydrogen-bond donors (Lipinski definition) is 1. The number of hydrogen-bond acceptors (Lipinski definition) is 4. The third-order valence-electron chi connectivity index (χ3n) is 4.40. The van der Waals surface area contributed by atoms with Gasteiger partial charge in [0.25, 0.3) is 5.91 Å². The fourth-order valence-electron chi connectivity index (χ4n) is 3.11. The number of rotatable bonds is 5. The quantitative estimate of drug-likeness (QED) is 0.886. The summed E-state index contributed by atoms with van der Waals surface area (Å²) in [6, 6.07) is 13.1. The average Bonchev–Trinajstić information content (AvgIpc) is 2.60. The lowest BCUT2D eigenvalue weighted by Crippen LogP contribution is -2.42. The van der Waals surface area contributed by atoms with Crippen LogP contribution in [0.3, 0.4) is 0 Å². The summed E-state index contributed by atoms with van der Waals surface area (Å²) in [6.07, 6.45) is 0.670. The first-order valence-corrected chi connectivity index (χ1v) is 8.72. The Balaban J connectivity index is 1.70. The van der Waals surface area contributed by atoms with Crippen LogP contribution in [0.25, 0.3) is 0 Å². The first kappa shape index (κ1) is 18.1. The van der Waals surface area contributed by atoms with Gasteiger partial charge >= 0.3 is 0 Å². The molecule has 1 heterocycles. The zero-order chi connectivity index (χ0) is 18.7. The van der Waals surface area contributed by atoms with Gasteiger partial charge in [0, 0.05) is 12.0 Å². The van der Waals surface area contributed by atoms with Crippen LogP contribution in [0.5, 0.6) is 17.2 Å². The summed E-state index contributed by atoms with van der Waals surface area (Å²) in [7, 11) is 1.62. The van der Waals surface area contributed by atoms with Crippen LogP contribution >= 0.6 is 0 Å². The van der Waals surface area contributed by atoms with Gasteiger partial charge < -0.3 is 19.5 Å². The van der Waals surface area contributed by atoms with Gasteiger partial charge in [-0.3, -0.25) is 4.79 Å². The van der Waals surface area contributed by atoms with E-state index in [9.17, 15) is 4.79 Å². The summed E-state index contributed by atoms with van der Waals surface area (Å²) in [5.41, 5.74) is 1.71. The van der Waals surface area contributed by atoms with Crippen LogP contribution in [0.4, 0.5) is 0 Å². The first-order chi connectivity index (χ1) is 12.4. The van der Waals surface area contributed by atoms with Crippen molar-refractivity contribution in [3.05, 3.63) is 53.6 Å². The number of nitrogens with one attached hydrogen (secondary N) is 1. The highest BCUT2D eigenvalue weighted by Gasteiger charge is 2.34. The third-order valence-corrected chi connectivity index (χ3v) is 4.40. The van der Waals surface area contributed by atoms with Gasteiger partial charge in [-0.1, -0.05) is 17.7 Å². The molecule has 0 saturated heterocycles. The van der Waals surface area contributed by atoms with Crippen LogP contribution in [-0.2, 0) is 4.79 Å². The Labute approximate surface area is 154 Å². The second-order valence-electron chi connectivity index (χ2n) is 7.19. The molecule has 1 atom stereocenters. The molecule has 1 aliphatic rings. The van der Waals surface area contributed by atoms with Crippen LogP contribution in [0.15, 0.2) is 42.5 Å². The van der Waals surface area contributed by atoms with E-state index in [2.05, 4.69) is 5.32 Å². The average molecular weight is 355 g/mol. The summed E-state index contributed by atoms with van der Waals surface area (Å²) in [5.74, 6) is 2.02. The van der Waals surface area contributed by atoms with Crippen molar-refractivity contribution in [3.63, 3.8) is 0 Å². The summed E-state index contributed by atoms with van der Waals surface area (Å²) < 4.78 is 16.9. The van der Waals surface area contributed by atoms with Crippen molar-refractivity contribution >= 4 is 5.91 Å². The van der Waals surface area contributed by atoms with Gasteiger partial charge in [0.2, 0.25) is 0 Å². The number of amides is 1. The minimum Gasteiger partial charge on any atom is -0.497 e. The van der Waals surface area contributed by atoms with Crippen LogP contribution in [0.1, 0.15) is 37.4 Å². The van der Waals surface area contributed by atoms with Crippen molar-refractivity contribution < 1.29 is 19.0 Å². The molecule has 5 nitrogen and oxygen atoms in total. The largest absolute Gasteiger partial charge is 0.497 e. The molecule has 0 aliphatic carbocycles. The zero-order valence-electron chi connectivity index (χ0n) is 15.7. The maximum atomic E-state index is 12.4. The smallest absolute Gasteiger partial charge is 0.258 e. The number of benzene rings is 2. The van der Waals surface area contributed by atoms with E-state index in [4.69, 9.17) is 14.2 Å². The molecule has 2 aromatic rings. The minimum absolute atomic E-state index is 0.0276. The van der Waals surface area contributed by atoms with Crippen molar-refractivity contribution in [3.8, 4) is 17.2 Å². The maximum absolute atomic E-state index is 12.4. The number of carbonyl (C=O) groups excluding carboxylic acids is 1. The second-order valence-corrected chi connectivity index (χ2v) is 7.19. The molecule has 0 aromatic heterocycles. The molecule has 138 valence electrons. The van der Waals surface area contributed by atoms with Gasteiger partial charge in [0.05, 0.1) is 13.2 Å². The van der Waals surface area contributed by atoms with E-state index in [-0.39, 0.29) is 24.2 Å². The zero-order valence-corrected chi connectivity index (χ0v) is 15.7. The predicted octanol–water partition coefficient (Wildman–Crippen LogP) is 3.80. The molecule has 1 N–H and O–H groups in total. The minimum atomic E-state index is -0.364. The maximum Gasteiger partial charge on any atom is 0.258 e. The van der Waals surface area contributed by atoms with Crippen molar-refractivity contribution in [2.45, 2.75) is 38.8 Å². The van der Waals surface area contributed by atoms with Crippen LogP contribution in [0, 0.1) is 6.92 Å². The lowest BCUT2D eigenvalue weighted by atomic mass is 9.89. The normalized spacial score (nSPS) is 17.6. The first-order valence-electron chi connectivity index (χ1n) is 8.72. The van der Waals surface area contributed by atoms with Gasteiger partial charge in [-0.25, -0.2) is 0 Å². The molecule has 5 heteroatoms. The number of ether oxygens (including phenoxy) is 3. The van der Waals surface area contributed by atoms with Crippen molar-refractivity contribution in [1.29, 1.82) is 0 Å². The SMILES string of the molecule is COc1ccc2c(c1)[C@H](NC(=O)COc1ccc(C)cc1)CC(C)(C)O2. The van der Waals surface area contributed by atoms with E-state index in [0.717, 1.165) is 22.6 Å². The van der Waals surface area contributed by atoms with Crippen LogP contribution < -0.4 is 19.5 Å². The Morgan fingerprint density at radius 3 is 2.58 bits per heavy atom. The number of fused-ring (bicyclic) bond motifs is 1. The molecule has 0 unspecified atom stereocenters. The lowest BCUT2D eigenvalue weighted by molar-refractivity contribution is -0.124. The molecule has 3 rings (SSSR count). The fraction of sp³-hybridized carbons (Fsp3) is 0.381. The van der Waals surface area contributed by atoms with Crippen LogP contribution in [-0.4, -0.2) is 25.2 Å². The van der Waals surface area contributed by atoms with E-state index < -0.39 is 0 Å². The summed E-state index contributed by atoms with van der Waals surface area (Å²) in [5, 5.41) is 3.06. The van der Waals surface area contributed by atoms with E-state index in [0.29, 0.717) is 12.2 Å². The molecular weight excluding hydrogens is 330 g/mol. The molecule has 1 amide bonds. The monoisotopic (exact) mass is 355 g/mol. The highest BCUT2D eigenvalue weighted by molar-refractivity contribution is 5.78. The van der Waals surface area contributed by atoms with Crippen LogP contribution in [0.2, 0.25) is 0 Å². The molecule has 0 fully saturated rings. The summed E-state index contributed by atoms with van der Waals surface area (Å²) in [6.45, 7) is 6.01. The van der Waals surface area contributed by atoms with Gasteiger partial charge in [-0.2, -0.15) is 0 Å². The van der Waals surface area contributed by atoms with Crippen molar-refractivity contribution in [1.82, 2.24) is 5.32 Å². The third kappa shape index (κ3) is 4.28. The Hall–Kier alpha value is -2.69. The number of carbonyl (C=O) groups is 1. The van der Waals surface area contributed by atoms with Crippen molar-refractivity contribution in [2.24, 2.45) is 0 Å². The van der Waals surface area contributed by atoms with Gasteiger partial charge in [-0.15, -0.1) is 0 Å². The standard InChI is InChI=1S/C21H25NO4/c1-14-5-7-15(8-6-14)25-13-20(23)22-18-12-21(2,3)26-19-10-9-16(24-4)11-17(18)19/h5-11,18H,12-13H2,1-4H3,(H,22,23)/t18-/m1/s1. The van der Waals surface area contributed by atoms with E-state index >= 15 is 0 Å². The van der Waals surface area contributed by atoms with Crippen molar-refractivity contribution in [2.75, 3.05) is 13.7 Å². The molecule has 1 aliphatic heterocycles.